The monoisotopic (exact) mass is 340 g/mol. The standard InChI is InChI=1S/C18H17FN4O2/c1-2-10-23(13-14-5-7-16(19)8-6-14)18(25)22-21-17(24)11-15-4-3-9-20-12-15/h1,3-9,12H,10-11,13H2,(H,21,24)(H,22,25). The molecule has 0 saturated heterocycles. The fourth-order valence-electron chi connectivity index (χ4n) is 2.05. The third kappa shape index (κ3) is 5.95. The summed E-state index contributed by atoms with van der Waals surface area (Å²) >= 11 is 0. The average Bonchev–Trinajstić information content (AvgIpc) is 2.62. The Hall–Kier alpha value is -3.40. The second-order valence-electron chi connectivity index (χ2n) is 5.20. The summed E-state index contributed by atoms with van der Waals surface area (Å²) < 4.78 is 12.9. The van der Waals surface area contributed by atoms with Crippen molar-refractivity contribution in [2.75, 3.05) is 6.54 Å². The minimum atomic E-state index is -0.554. The Morgan fingerprint density at radius 1 is 1.16 bits per heavy atom. The number of rotatable bonds is 5. The summed E-state index contributed by atoms with van der Waals surface area (Å²) in [5.74, 6) is 1.63. The molecule has 0 aliphatic rings. The number of hydrogen-bond acceptors (Lipinski definition) is 3. The molecule has 1 aromatic carbocycles. The van der Waals surface area contributed by atoms with Crippen molar-refractivity contribution in [2.24, 2.45) is 0 Å². The van der Waals surface area contributed by atoms with Gasteiger partial charge in [-0.25, -0.2) is 14.6 Å². The van der Waals surface area contributed by atoms with Gasteiger partial charge >= 0.3 is 6.03 Å². The van der Waals surface area contributed by atoms with E-state index in [2.05, 4.69) is 21.8 Å². The fourth-order valence-corrected chi connectivity index (χ4v) is 2.05. The van der Waals surface area contributed by atoms with Crippen molar-refractivity contribution in [1.29, 1.82) is 0 Å². The van der Waals surface area contributed by atoms with Gasteiger partial charge in [0.2, 0.25) is 5.91 Å². The lowest BCUT2D eigenvalue weighted by Crippen LogP contribution is -2.49. The maximum atomic E-state index is 12.9. The van der Waals surface area contributed by atoms with Crippen LogP contribution in [0.1, 0.15) is 11.1 Å². The average molecular weight is 340 g/mol. The molecule has 0 bridgehead atoms. The highest BCUT2D eigenvalue weighted by Gasteiger charge is 2.14. The topological polar surface area (TPSA) is 74.3 Å². The minimum Gasteiger partial charge on any atom is -0.308 e. The lowest BCUT2D eigenvalue weighted by Gasteiger charge is -2.21. The van der Waals surface area contributed by atoms with Crippen molar-refractivity contribution < 1.29 is 14.0 Å². The minimum absolute atomic E-state index is 0.0433. The lowest BCUT2D eigenvalue weighted by molar-refractivity contribution is -0.121. The molecule has 3 amide bonds. The molecule has 0 aliphatic carbocycles. The van der Waals surface area contributed by atoms with E-state index >= 15 is 0 Å². The molecule has 0 unspecified atom stereocenters. The Balaban J connectivity index is 1.88. The molecule has 0 atom stereocenters. The first-order chi connectivity index (χ1) is 12.1. The molecule has 2 rings (SSSR count). The van der Waals surface area contributed by atoms with Gasteiger partial charge in [0.15, 0.2) is 0 Å². The van der Waals surface area contributed by atoms with Gasteiger partial charge in [0, 0.05) is 18.9 Å². The van der Waals surface area contributed by atoms with E-state index < -0.39 is 6.03 Å². The van der Waals surface area contributed by atoms with E-state index in [9.17, 15) is 14.0 Å². The Kier molecular flexibility index (Phi) is 6.48. The molecule has 0 fully saturated rings. The van der Waals surface area contributed by atoms with Crippen molar-refractivity contribution >= 4 is 11.9 Å². The molecule has 0 saturated carbocycles. The predicted octanol–water partition coefficient (Wildman–Crippen LogP) is 1.64. The fraction of sp³-hybridized carbons (Fsp3) is 0.167. The van der Waals surface area contributed by atoms with Crippen molar-refractivity contribution in [3.05, 3.63) is 65.7 Å². The summed E-state index contributed by atoms with van der Waals surface area (Å²) in [6.45, 7) is 0.233. The van der Waals surface area contributed by atoms with Crippen LogP contribution in [0.3, 0.4) is 0 Å². The van der Waals surface area contributed by atoms with Crippen LogP contribution in [-0.4, -0.2) is 28.4 Å². The molecule has 6 nitrogen and oxygen atoms in total. The van der Waals surface area contributed by atoms with E-state index in [1.807, 2.05) is 0 Å². The van der Waals surface area contributed by atoms with E-state index in [4.69, 9.17) is 6.42 Å². The molecule has 0 radical (unpaired) electrons. The zero-order chi connectivity index (χ0) is 18.1. The highest BCUT2D eigenvalue weighted by molar-refractivity contribution is 5.82. The number of carbonyl (C=O) groups is 2. The van der Waals surface area contributed by atoms with Crippen LogP contribution in [0.25, 0.3) is 0 Å². The Labute approximate surface area is 145 Å². The molecule has 2 N–H and O–H groups in total. The van der Waals surface area contributed by atoms with Gasteiger partial charge in [-0.3, -0.25) is 15.2 Å². The van der Waals surface area contributed by atoms with Crippen LogP contribution in [0.15, 0.2) is 48.8 Å². The zero-order valence-electron chi connectivity index (χ0n) is 13.4. The predicted molar refractivity (Wildman–Crippen MR) is 90.3 cm³/mol. The summed E-state index contributed by atoms with van der Waals surface area (Å²) in [7, 11) is 0. The van der Waals surface area contributed by atoms with Gasteiger partial charge in [0.1, 0.15) is 5.82 Å². The molecule has 0 spiro atoms. The van der Waals surface area contributed by atoms with Crippen molar-refractivity contribution in [2.45, 2.75) is 13.0 Å². The molecule has 7 heteroatoms. The van der Waals surface area contributed by atoms with E-state index in [0.717, 1.165) is 5.56 Å². The second-order valence-corrected chi connectivity index (χ2v) is 5.20. The number of urea groups is 1. The SMILES string of the molecule is C#CCN(Cc1ccc(F)cc1)C(=O)NNC(=O)Cc1cccnc1. The highest BCUT2D eigenvalue weighted by Crippen LogP contribution is 2.06. The first kappa shape index (κ1) is 17.9. The van der Waals surface area contributed by atoms with Gasteiger partial charge in [-0.15, -0.1) is 6.42 Å². The van der Waals surface area contributed by atoms with Gasteiger partial charge in [-0.1, -0.05) is 24.1 Å². The number of amides is 3. The number of aromatic nitrogens is 1. The van der Waals surface area contributed by atoms with E-state index in [1.165, 1.54) is 17.0 Å². The number of benzene rings is 1. The lowest BCUT2D eigenvalue weighted by atomic mass is 10.2. The maximum Gasteiger partial charge on any atom is 0.337 e. The number of hydrogen-bond donors (Lipinski definition) is 2. The largest absolute Gasteiger partial charge is 0.337 e. The van der Waals surface area contributed by atoms with Crippen molar-refractivity contribution in [3.63, 3.8) is 0 Å². The maximum absolute atomic E-state index is 12.9. The third-order valence-corrected chi connectivity index (χ3v) is 3.25. The number of nitrogens with one attached hydrogen (secondary N) is 2. The van der Waals surface area contributed by atoms with Gasteiger partial charge in [0.05, 0.1) is 13.0 Å². The molecule has 2 aromatic rings. The van der Waals surface area contributed by atoms with Gasteiger partial charge in [-0.2, -0.15) is 0 Å². The van der Waals surface area contributed by atoms with E-state index in [1.54, 1.807) is 36.7 Å². The molecule has 1 heterocycles. The summed E-state index contributed by atoms with van der Waals surface area (Å²) in [6, 6.07) is 8.65. The number of hydrazine groups is 1. The van der Waals surface area contributed by atoms with Crippen molar-refractivity contribution in [3.8, 4) is 12.3 Å². The number of nitrogens with zero attached hydrogens (tertiary/aromatic N) is 2. The molecule has 128 valence electrons. The highest BCUT2D eigenvalue weighted by atomic mass is 19.1. The summed E-state index contributed by atoms with van der Waals surface area (Å²) in [4.78, 5) is 29.2. The summed E-state index contributed by atoms with van der Waals surface area (Å²) in [5, 5.41) is 0. The van der Waals surface area contributed by atoms with Crippen LogP contribution in [0, 0.1) is 18.2 Å². The molecule has 25 heavy (non-hydrogen) atoms. The summed E-state index contributed by atoms with van der Waals surface area (Å²) in [5.41, 5.74) is 6.08. The van der Waals surface area contributed by atoms with Crippen LogP contribution in [0.2, 0.25) is 0 Å². The smallest absolute Gasteiger partial charge is 0.308 e. The van der Waals surface area contributed by atoms with Crippen molar-refractivity contribution in [1.82, 2.24) is 20.7 Å². The van der Waals surface area contributed by atoms with Crippen LogP contribution < -0.4 is 10.9 Å². The second kappa shape index (κ2) is 9.03. The first-order valence-corrected chi connectivity index (χ1v) is 7.49. The molecular weight excluding hydrogens is 323 g/mol. The van der Waals surface area contributed by atoms with Crippen LogP contribution in [0.4, 0.5) is 9.18 Å². The Bertz CT molecular complexity index is 757. The first-order valence-electron chi connectivity index (χ1n) is 7.49. The quantitative estimate of drug-likeness (QED) is 0.642. The number of carbonyl (C=O) groups excluding carboxylic acids is 2. The van der Waals surface area contributed by atoms with Crippen LogP contribution in [0.5, 0.6) is 0 Å². The molecule has 0 aliphatic heterocycles. The van der Waals surface area contributed by atoms with Gasteiger partial charge < -0.3 is 4.90 Å². The molecule has 1 aromatic heterocycles. The van der Waals surface area contributed by atoms with E-state index in [0.29, 0.717) is 5.56 Å². The zero-order valence-corrected chi connectivity index (χ0v) is 13.4. The third-order valence-electron chi connectivity index (χ3n) is 3.25. The number of pyridine rings is 1. The van der Waals surface area contributed by atoms with Gasteiger partial charge in [0.25, 0.3) is 0 Å². The normalized spacial score (nSPS) is 9.76. The summed E-state index contributed by atoms with van der Waals surface area (Å²) in [6.07, 6.45) is 8.54. The van der Waals surface area contributed by atoms with E-state index in [-0.39, 0.29) is 31.2 Å². The Morgan fingerprint density at radius 2 is 1.92 bits per heavy atom. The molecular formula is C18H17FN4O2. The number of halogens is 1. The van der Waals surface area contributed by atoms with Gasteiger partial charge in [-0.05, 0) is 29.3 Å². The number of terminal acetylenes is 1. The van der Waals surface area contributed by atoms with Crippen LogP contribution in [-0.2, 0) is 17.8 Å². The van der Waals surface area contributed by atoms with Crippen LogP contribution >= 0.6 is 0 Å². The Morgan fingerprint density at radius 3 is 2.56 bits per heavy atom.